The summed E-state index contributed by atoms with van der Waals surface area (Å²) in [4.78, 5) is 25.6. The Labute approximate surface area is 142 Å². The van der Waals surface area contributed by atoms with E-state index in [9.17, 15) is 14.7 Å². The van der Waals surface area contributed by atoms with Crippen LogP contribution in [0.2, 0.25) is 0 Å². The molecule has 1 aliphatic carbocycles. The van der Waals surface area contributed by atoms with Crippen LogP contribution in [0.1, 0.15) is 44.6 Å². The smallest absolute Gasteiger partial charge is 0.319 e. The summed E-state index contributed by atoms with van der Waals surface area (Å²) < 4.78 is 0. The van der Waals surface area contributed by atoms with Crippen LogP contribution in [0.25, 0.3) is 0 Å². The number of hydrogen-bond donors (Lipinski definition) is 3. The van der Waals surface area contributed by atoms with Crippen molar-refractivity contribution in [1.29, 1.82) is 0 Å². The molecule has 6 heteroatoms. The van der Waals surface area contributed by atoms with Gasteiger partial charge in [-0.05, 0) is 62.8 Å². The van der Waals surface area contributed by atoms with Crippen molar-refractivity contribution in [2.45, 2.75) is 57.1 Å². The Bertz CT molecular complexity index is 647. The number of aryl methyl sites for hydroxylation is 1. The molecule has 0 saturated heterocycles. The first-order valence-electron chi connectivity index (χ1n) is 8.53. The lowest BCUT2D eigenvalue weighted by Gasteiger charge is -2.33. The predicted molar refractivity (Wildman–Crippen MR) is 93.2 cm³/mol. The summed E-state index contributed by atoms with van der Waals surface area (Å²) in [5, 5.41) is 15.8. The number of aliphatic hydroxyl groups is 1. The van der Waals surface area contributed by atoms with Gasteiger partial charge in [-0.15, -0.1) is 0 Å². The molecule has 1 aliphatic heterocycles. The molecule has 1 aromatic carbocycles. The second-order valence-electron chi connectivity index (χ2n) is 7.17. The van der Waals surface area contributed by atoms with E-state index in [4.69, 9.17) is 0 Å². The van der Waals surface area contributed by atoms with Crippen LogP contribution in [0.15, 0.2) is 18.2 Å². The summed E-state index contributed by atoms with van der Waals surface area (Å²) in [5.41, 5.74) is 2.11. The Morgan fingerprint density at radius 2 is 2.00 bits per heavy atom. The zero-order valence-corrected chi connectivity index (χ0v) is 14.3. The molecule has 3 amide bonds. The molecule has 3 N–H and O–H groups in total. The molecule has 24 heavy (non-hydrogen) atoms. The summed E-state index contributed by atoms with van der Waals surface area (Å²) >= 11 is 0. The number of carbonyl (C=O) groups is 2. The van der Waals surface area contributed by atoms with Gasteiger partial charge in [0.05, 0.1) is 5.60 Å². The third-order valence-electron chi connectivity index (χ3n) is 5.08. The minimum Gasteiger partial charge on any atom is -0.390 e. The van der Waals surface area contributed by atoms with Gasteiger partial charge < -0.3 is 20.6 Å². The zero-order chi connectivity index (χ0) is 17.3. The molecule has 6 nitrogen and oxygen atoms in total. The Kier molecular flexibility index (Phi) is 4.49. The van der Waals surface area contributed by atoms with Crippen molar-refractivity contribution in [3.05, 3.63) is 23.8 Å². The highest BCUT2D eigenvalue weighted by Gasteiger charge is 2.29. The average Bonchev–Trinajstić information content (AvgIpc) is 2.53. The number of nitrogens with zero attached hydrogens (tertiary/aromatic N) is 1. The van der Waals surface area contributed by atoms with Crippen LogP contribution < -0.4 is 15.5 Å². The molecule has 0 unspecified atom stereocenters. The van der Waals surface area contributed by atoms with Gasteiger partial charge in [0.1, 0.15) is 0 Å². The van der Waals surface area contributed by atoms with Gasteiger partial charge >= 0.3 is 6.03 Å². The van der Waals surface area contributed by atoms with Gasteiger partial charge in [-0.2, -0.15) is 0 Å². The molecular formula is C18H25N3O3. The van der Waals surface area contributed by atoms with Crippen molar-refractivity contribution < 1.29 is 14.7 Å². The van der Waals surface area contributed by atoms with Crippen LogP contribution in [0.4, 0.5) is 16.2 Å². The van der Waals surface area contributed by atoms with E-state index < -0.39 is 5.60 Å². The number of rotatable bonds is 2. The molecule has 1 fully saturated rings. The molecule has 130 valence electrons. The first kappa shape index (κ1) is 16.8. The third-order valence-corrected chi connectivity index (χ3v) is 5.08. The van der Waals surface area contributed by atoms with E-state index in [0.29, 0.717) is 25.7 Å². The van der Waals surface area contributed by atoms with Gasteiger partial charge in [0.15, 0.2) is 0 Å². The first-order valence-corrected chi connectivity index (χ1v) is 8.53. The fraction of sp³-hybridized carbons (Fsp3) is 0.556. The number of anilines is 2. The maximum absolute atomic E-state index is 12.2. The van der Waals surface area contributed by atoms with Crippen molar-refractivity contribution in [2.24, 2.45) is 0 Å². The molecule has 0 bridgehead atoms. The standard InChI is InChI=1S/C18H25N3O3/c1-18(24)9-7-13(8-10-18)19-17(23)20-14-4-5-15-12(11-14)3-6-16(22)21(15)2/h4-5,11,13,24H,3,6-10H2,1-2H3,(H2,19,20,23). The maximum Gasteiger partial charge on any atom is 0.319 e. The molecule has 0 aromatic heterocycles. The molecule has 1 aromatic rings. The largest absolute Gasteiger partial charge is 0.390 e. The number of fused-ring (bicyclic) bond motifs is 1. The molecule has 0 atom stereocenters. The normalized spacial score (nSPS) is 26.7. The number of hydrogen-bond acceptors (Lipinski definition) is 3. The summed E-state index contributed by atoms with van der Waals surface area (Å²) in [6.07, 6.45) is 4.19. The van der Waals surface area contributed by atoms with Crippen LogP contribution >= 0.6 is 0 Å². The number of carbonyl (C=O) groups excluding carboxylic acids is 2. The quantitative estimate of drug-likeness (QED) is 0.778. The van der Waals surface area contributed by atoms with Gasteiger partial charge in [0.25, 0.3) is 0 Å². The number of amides is 3. The van der Waals surface area contributed by atoms with Gasteiger partial charge in [-0.3, -0.25) is 4.79 Å². The molecule has 2 aliphatic rings. The summed E-state index contributed by atoms with van der Waals surface area (Å²) in [6.45, 7) is 1.85. The van der Waals surface area contributed by atoms with Crippen LogP contribution in [0.3, 0.4) is 0 Å². The Balaban J connectivity index is 1.58. The SMILES string of the molecule is CN1C(=O)CCc2cc(NC(=O)NC3CCC(C)(O)CC3)ccc21. The van der Waals surface area contributed by atoms with E-state index in [1.807, 2.05) is 25.1 Å². The second kappa shape index (κ2) is 6.43. The number of urea groups is 1. The van der Waals surface area contributed by atoms with Gasteiger partial charge in [0.2, 0.25) is 5.91 Å². The van der Waals surface area contributed by atoms with Gasteiger partial charge in [-0.1, -0.05) is 0 Å². The fourth-order valence-electron chi connectivity index (χ4n) is 3.47. The molecule has 1 saturated carbocycles. The van der Waals surface area contributed by atoms with Crippen molar-refractivity contribution >= 4 is 23.3 Å². The van der Waals surface area contributed by atoms with Crippen molar-refractivity contribution in [1.82, 2.24) is 5.32 Å². The lowest BCUT2D eigenvalue weighted by Crippen LogP contribution is -2.43. The Morgan fingerprint density at radius 1 is 1.29 bits per heavy atom. The van der Waals surface area contributed by atoms with Crippen LogP contribution in [-0.4, -0.2) is 35.7 Å². The van der Waals surface area contributed by atoms with Gasteiger partial charge in [0, 0.05) is 30.9 Å². The van der Waals surface area contributed by atoms with Crippen LogP contribution in [0.5, 0.6) is 0 Å². The lowest BCUT2D eigenvalue weighted by atomic mass is 9.84. The highest BCUT2D eigenvalue weighted by Crippen LogP contribution is 2.30. The van der Waals surface area contributed by atoms with Gasteiger partial charge in [-0.25, -0.2) is 4.79 Å². The molecule has 0 spiro atoms. The van der Waals surface area contributed by atoms with Crippen molar-refractivity contribution in [3.8, 4) is 0 Å². The van der Waals surface area contributed by atoms with E-state index in [1.165, 1.54) is 0 Å². The van der Waals surface area contributed by atoms with Crippen molar-refractivity contribution in [2.75, 3.05) is 17.3 Å². The van der Waals surface area contributed by atoms with Crippen LogP contribution in [0, 0.1) is 0 Å². The summed E-state index contributed by atoms with van der Waals surface area (Å²) in [6, 6.07) is 5.51. The average molecular weight is 331 g/mol. The Morgan fingerprint density at radius 3 is 2.71 bits per heavy atom. The van der Waals surface area contributed by atoms with Crippen LogP contribution in [-0.2, 0) is 11.2 Å². The monoisotopic (exact) mass is 331 g/mol. The number of benzene rings is 1. The highest BCUT2D eigenvalue weighted by atomic mass is 16.3. The van der Waals surface area contributed by atoms with E-state index in [-0.39, 0.29) is 18.0 Å². The highest BCUT2D eigenvalue weighted by molar-refractivity contribution is 5.97. The topological polar surface area (TPSA) is 81.7 Å². The number of nitrogens with one attached hydrogen (secondary N) is 2. The maximum atomic E-state index is 12.2. The first-order chi connectivity index (χ1) is 11.3. The molecule has 3 rings (SSSR count). The van der Waals surface area contributed by atoms with E-state index >= 15 is 0 Å². The molecular weight excluding hydrogens is 306 g/mol. The fourth-order valence-corrected chi connectivity index (χ4v) is 3.47. The second-order valence-corrected chi connectivity index (χ2v) is 7.17. The summed E-state index contributed by atoms with van der Waals surface area (Å²) in [7, 11) is 1.78. The lowest BCUT2D eigenvalue weighted by molar-refractivity contribution is -0.118. The Hall–Kier alpha value is -2.08. The van der Waals surface area contributed by atoms with E-state index in [0.717, 1.165) is 29.8 Å². The molecule has 1 heterocycles. The minimum atomic E-state index is -0.601. The minimum absolute atomic E-state index is 0.103. The molecule has 0 radical (unpaired) electrons. The zero-order valence-electron chi connectivity index (χ0n) is 14.3. The predicted octanol–water partition coefficient (Wildman–Crippen LogP) is 2.41. The van der Waals surface area contributed by atoms with E-state index in [2.05, 4.69) is 10.6 Å². The van der Waals surface area contributed by atoms with E-state index in [1.54, 1.807) is 11.9 Å². The third kappa shape index (κ3) is 3.70. The summed E-state index contributed by atoms with van der Waals surface area (Å²) in [5.74, 6) is 0.120. The van der Waals surface area contributed by atoms with Crippen molar-refractivity contribution in [3.63, 3.8) is 0 Å².